The number of nitrogens with one attached hydrogen (secondary N) is 2. The zero-order valence-electron chi connectivity index (χ0n) is 13.5. The first-order valence-corrected chi connectivity index (χ1v) is 7.28. The number of methoxy groups -OCH3 is 1. The van der Waals surface area contributed by atoms with Crippen LogP contribution in [-0.2, 0) is 16.1 Å². The molecule has 0 fully saturated rings. The fourth-order valence-corrected chi connectivity index (χ4v) is 2.24. The van der Waals surface area contributed by atoms with E-state index in [2.05, 4.69) is 10.6 Å². The van der Waals surface area contributed by atoms with E-state index in [1.807, 2.05) is 44.2 Å². The van der Waals surface area contributed by atoms with Crippen LogP contribution in [0.1, 0.15) is 16.7 Å². The quantitative estimate of drug-likeness (QED) is 0.853. The summed E-state index contributed by atoms with van der Waals surface area (Å²) in [6.45, 7) is 4.15. The number of benzene rings is 2. The summed E-state index contributed by atoms with van der Waals surface area (Å²) in [7, 11) is 1.59. The summed E-state index contributed by atoms with van der Waals surface area (Å²) >= 11 is 0. The molecule has 5 heteroatoms. The molecule has 0 bridgehead atoms. The van der Waals surface area contributed by atoms with E-state index in [0.717, 1.165) is 22.4 Å². The fraction of sp³-hybridized carbons (Fsp3) is 0.222. The van der Waals surface area contributed by atoms with Crippen molar-refractivity contribution in [2.24, 2.45) is 0 Å². The van der Waals surface area contributed by atoms with Crippen LogP contribution >= 0.6 is 0 Å². The lowest BCUT2D eigenvalue weighted by Crippen LogP contribution is -2.34. The molecule has 0 saturated heterocycles. The number of ether oxygens (including phenoxy) is 1. The maximum absolute atomic E-state index is 11.9. The molecule has 2 N–H and O–H groups in total. The van der Waals surface area contributed by atoms with Crippen molar-refractivity contribution < 1.29 is 14.3 Å². The number of hydrogen-bond acceptors (Lipinski definition) is 3. The maximum atomic E-state index is 11.9. The maximum Gasteiger partial charge on any atom is 0.313 e. The SMILES string of the molecule is COc1ccc(CNC(=O)C(=O)Nc2cc(C)cc(C)c2)cc1. The lowest BCUT2D eigenvalue weighted by molar-refractivity contribution is -0.136. The molecule has 0 spiro atoms. The first-order chi connectivity index (χ1) is 11.0. The topological polar surface area (TPSA) is 67.4 Å². The van der Waals surface area contributed by atoms with Gasteiger partial charge in [0.15, 0.2) is 0 Å². The molecule has 0 aliphatic heterocycles. The van der Waals surface area contributed by atoms with Gasteiger partial charge in [0.25, 0.3) is 0 Å². The monoisotopic (exact) mass is 312 g/mol. The van der Waals surface area contributed by atoms with Gasteiger partial charge in [0, 0.05) is 12.2 Å². The molecular weight excluding hydrogens is 292 g/mol. The summed E-state index contributed by atoms with van der Waals surface area (Å²) in [5, 5.41) is 5.20. The second kappa shape index (κ2) is 7.45. The zero-order chi connectivity index (χ0) is 16.8. The third kappa shape index (κ3) is 4.85. The van der Waals surface area contributed by atoms with E-state index in [1.165, 1.54) is 0 Å². The van der Waals surface area contributed by atoms with E-state index < -0.39 is 11.8 Å². The van der Waals surface area contributed by atoms with Gasteiger partial charge in [0.1, 0.15) is 5.75 Å². The normalized spacial score (nSPS) is 10.0. The van der Waals surface area contributed by atoms with E-state index in [-0.39, 0.29) is 6.54 Å². The summed E-state index contributed by atoms with van der Waals surface area (Å²) in [4.78, 5) is 23.8. The Morgan fingerprint density at radius 2 is 1.57 bits per heavy atom. The number of carbonyl (C=O) groups excluding carboxylic acids is 2. The van der Waals surface area contributed by atoms with Crippen molar-refractivity contribution in [3.63, 3.8) is 0 Å². The van der Waals surface area contributed by atoms with Crippen molar-refractivity contribution >= 4 is 17.5 Å². The first-order valence-electron chi connectivity index (χ1n) is 7.28. The van der Waals surface area contributed by atoms with Crippen LogP contribution in [0.25, 0.3) is 0 Å². The molecule has 5 nitrogen and oxygen atoms in total. The Morgan fingerprint density at radius 1 is 0.957 bits per heavy atom. The van der Waals surface area contributed by atoms with Crippen LogP contribution in [0.4, 0.5) is 5.69 Å². The largest absolute Gasteiger partial charge is 0.497 e. The van der Waals surface area contributed by atoms with Crippen LogP contribution in [0.2, 0.25) is 0 Å². The zero-order valence-corrected chi connectivity index (χ0v) is 13.5. The Kier molecular flexibility index (Phi) is 5.36. The van der Waals surface area contributed by atoms with Crippen molar-refractivity contribution in [2.45, 2.75) is 20.4 Å². The van der Waals surface area contributed by atoms with Crippen LogP contribution < -0.4 is 15.4 Å². The second-order valence-electron chi connectivity index (χ2n) is 5.36. The van der Waals surface area contributed by atoms with Crippen molar-refractivity contribution in [3.05, 3.63) is 59.2 Å². The van der Waals surface area contributed by atoms with Gasteiger partial charge in [-0.3, -0.25) is 9.59 Å². The third-order valence-corrected chi connectivity index (χ3v) is 3.30. The molecule has 2 aromatic carbocycles. The Morgan fingerprint density at radius 3 is 2.13 bits per heavy atom. The summed E-state index contributed by atoms with van der Waals surface area (Å²) in [6, 6.07) is 12.9. The average Bonchev–Trinajstić information content (AvgIpc) is 2.52. The highest BCUT2D eigenvalue weighted by atomic mass is 16.5. The standard InChI is InChI=1S/C18H20N2O3/c1-12-8-13(2)10-15(9-12)20-18(22)17(21)19-11-14-4-6-16(23-3)7-5-14/h4-10H,11H2,1-3H3,(H,19,21)(H,20,22). The van der Waals surface area contributed by atoms with Crippen molar-refractivity contribution in [3.8, 4) is 5.75 Å². The number of carbonyl (C=O) groups is 2. The van der Waals surface area contributed by atoms with Crippen LogP contribution in [0, 0.1) is 13.8 Å². The molecule has 0 aliphatic rings. The van der Waals surface area contributed by atoms with Crippen molar-refractivity contribution in [1.29, 1.82) is 0 Å². The molecule has 0 radical (unpaired) electrons. The molecule has 120 valence electrons. The molecule has 0 aromatic heterocycles. The van der Waals surface area contributed by atoms with Crippen LogP contribution in [-0.4, -0.2) is 18.9 Å². The predicted octanol–water partition coefficient (Wildman–Crippen LogP) is 2.57. The van der Waals surface area contributed by atoms with Crippen molar-refractivity contribution in [1.82, 2.24) is 5.32 Å². The van der Waals surface area contributed by atoms with E-state index in [0.29, 0.717) is 5.69 Å². The van der Waals surface area contributed by atoms with Gasteiger partial charge in [-0.05, 0) is 54.8 Å². The third-order valence-electron chi connectivity index (χ3n) is 3.30. The second-order valence-corrected chi connectivity index (χ2v) is 5.36. The Labute approximate surface area is 135 Å². The fourth-order valence-electron chi connectivity index (χ4n) is 2.24. The minimum absolute atomic E-state index is 0.281. The summed E-state index contributed by atoms with van der Waals surface area (Å²) in [6.07, 6.45) is 0. The molecule has 0 saturated carbocycles. The van der Waals surface area contributed by atoms with Gasteiger partial charge in [-0.2, -0.15) is 0 Å². The molecule has 2 rings (SSSR count). The molecule has 0 aliphatic carbocycles. The number of anilines is 1. The highest BCUT2D eigenvalue weighted by molar-refractivity contribution is 6.39. The summed E-state index contributed by atoms with van der Waals surface area (Å²) in [5.74, 6) is -0.601. The summed E-state index contributed by atoms with van der Waals surface area (Å²) in [5.41, 5.74) is 3.56. The van der Waals surface area contributed by atoms with E-state index >= 15 is 0 Å². The Bertz CT molecular complexity index is 688. The van der Waals surface area contributed by atoms with Crippen molar-refractivity contribution in [2.75, 3.05) is 12.4 Å². The van der Waals surface area contributed by atoms with Gasteiger partial charge in [-0.25, -0.2) is 0 Å². The van der Waals surface area contributed by atoms with Gasteiger partial charge in [-0.1, -0.05) is 18.2 Å². The minimum Gasteiger partial charge on any atom is -0.497 e. The number of aryl methyl sites for hydroxylation is 2. The Balaban J connectivity index is 1.90. The van der Waals surface area contributed by atoms with Crippen LogP contribution in [0.15, 0.2) is 42.5 Å². The molecule has 0 unspecified atom stereocenters. The average molecular weight is 312 g/mol. The van der Waals surface area contributed by atoms with Gasteiger partial charge in [0.2, 0.25) is 0 Å². The van der Waals surface area contributed by atoms with Crippen LogP contribution in [0.5, 0.6) is 5.75 Å². The molecule has 0 heterocycles. The van der Waals surface area contributed by atoms with E-state index in [9.17, 15) is 9.59 Å². The molecule has 2 amide bonds. The number of hydrogen-bond donors (Lipinski definition) is 2. The van der Waals surface area contributed by atoms with Gasteiger partial charge < -0.3 is 15.4 Å². The molecule has 23 heavy (non-hydrogen) atoms. The minimum atomic E-state index is -0.677. The first kappa shape index (κ1) is 16.5. The van der Waals surface area contributed by atoms with Crippen LogP contribution in [0.3, 0.4) is 0 Å². The lowest BCUT2D eigenvalue weighted by Gasteiger charge is -2.08. The number of amides is 2. The molecule has 0 atom stereocenters. The van der Waals surface area contributed by atoms with Gasteiger partial charge in [-0.15, -0.1) is 0 Å². The highest BCUT2D eigenvalue weighted by Crippen LogP contribution is 2.14. The molecule has 2 aromatic rings. The van der Waals surface area contributed by atoms with Gasteiger partial charge in [0.05, 0.1) is 7.11 Å². The summed E-state index contributed by atoms with van der Waals surface area (Å²) < 4.78 is 5.07. The number of rotatable bonds is 4. The van der Waals surface area contributed by atoms with Gasteiger partial charge >= 0.3 is 11.8 Å². The predicted molar refractivity (Wildman–Crippen MR) is 89.4 cm³/mol. The highest BCUT2D eigenvalue weighted by Gasteiger charge is 2.13. The smallest absolute Gasteiger partial charge is 0.313 e. The lowest BCUT2D eigenvalue weighted by atomic mass is 10.1. The Hall–Kier alpha value is -2.82. The molecular formula is C18H20N2O3. The van der Waals surface area contributed by atoms with E-state index in [4.69, 9.17) is 4.74 Å². The van der Waals surface area contributed by atoms with E-state index in [1.54, 1.807) is 19.2 Å².